The van der Waals surface area contributed by atoms with Gasteiger partial charge in [-0.05, 0) is 30.9 Å². The minimum Gasteiger partial charge on any atom is -0.477 e. The SMILES string of the molecule is CC(C)NC(=O)CS(=O)Cc1ccsc1C(=O)O. The molecule has 0 saturated carbocycles. The van der Waals surface area contributed by atoms with Crippen LogP contribution in [0.5, 0.6) is 0 Å². The number of carbonyl (C=O) groups excluding carboxylic acids is 1. The van der Waals surface area contributed by atoms with E-state index in [4.69, 9.17) is 5.11 Å². The molecule has 0 fully saturated rings. The highest BCUT2D eigenvalue weighted by atomic mass is 32.2. The van der Waals surface area contributed by atoms with E-state index >= 15 is 0 Å². The Morgan fingerprint density at radius 2 is 2.17 bits per heavy atom. The fraction of sp³-hybridized carbons (Fsp3) is 0.455. The molecule has 0 bridgehead atoms. The van der Waals surface area contributed by atoms with Crippen molar-refractivity contribution in [3.63, 3.8) is 0 Å². The van der Waals surface area contributed by atoms with Crippen LogP contribution in [0.1, 0.15) is 29.1 Å². The first-order valence-corrected chi connectivity index (χ1v) is 7.71. The van der Waals surface area contributed by atoms with Crippen LogP contribution >= 0.6 is 11.3 Å². The molecular formula is C11H15NO4S2. The summed E-state index contributed by atoms with van der Waals surface area (Å²) in [5.74, 6) is -1.32. The van der Waals surface area contributed by atoms with Crippen LogP contribution in [-0.4, -0.2) is 33.0 Å². The van der Waals surface area contributed by atoms with E-state index in [9.17, 15) is 13.8 Å². The summed E-state index contributed by atoms with van der Waals surface area (Å²) in [6.45, 7) is 3.64. The molecule has 0 radical (unpaired) electrons. The van der Waals surface area contributed by atoms with Crippen molar-refractivity contribution in [3.8, 4) is 0 Å². The van der Waals surface area contributed by atoms with Crippen molar-refractivity contribution in [1.29, 1.82) is 0 Å². The molecule has 0 aliphatic rings. The summed E-state index contributed by atoms with van der Waals surface area (Å²) in [5.41, 5.74) is 0.517. The number of rotatable bonds is 6. The number of hydrogen-bond acceptors (Lipinski definition) is 4. The first-order valence-electron chi connectivity index (χ1n) is 5.34. The van der Waals surface area contributed by atoms with Gasteiger partial charge in [0.05, 0.1) is 5.75 Å². The van der Waals surface area contributed by atoms with Gasteiger partial charge in [-0.3, -0.25) is 9.00 Å². The van der Waals surface area contributed by atoms with Crippen LogP contribution in [0.2, 0.25) is 0 Å². The Morgan fingerprint density at radius 1 is 1.50 bits per heavy atom. The zero-order chi connectivity index (χ0) is 13.7. The molecule has 0 aliphatic carbocycles. The Morgan fingerprint density at radius 3 is 2.72 bits per heavy atom. The summed E-state index contributed by atoms with van der Waals surface area (Å²) >= 11 is 1.09. The highest BCUT2D eigenvalue weighted by molar-refractivity contribution is 7.84. The molecule has 0 spiro atoms. The maximum Gasteiger partial charge on any atom is 0.346 e. The number of hydrogen-bond donors (Lipinski definition) is 2. The van der Waals surface area contributed by atoms with Gasteiger partial charge in [0.25, 0.3) is 0 Å². The molecule has 7 heteroatoms. The third-order valence-electron chi connectivity index (χ3n) is 2.00. The van der Waals surface area contributed by atoms with Gasteiger partial charge in [-0.1, -0.05) is 0 Å². The lowest BCUT2D eigenvalue weighted by Crippen LogP contribution is -2.33. The Bertz CT molecular complexity index is 467. The molecular weight excluding hydrogens is 274 g/mol. The van der Waals surface area contributed by atoms with Crippen LogP contribution in [0.15, 0.2) is 11.4 Å². The number of aromatic carboxylic acids is 1. The predicted molar refractivity (Wildman–Crippen MR) is 71.3 cm³/mol. The second kappa shape index (κ2) is 6.65. The van der Waals surface area contributed by atoms with Crippen LogP contribution < -0.4 is 5.32 Å². The lowest BCUT2D eigenvalue weighted by Gasteiger charge is -2.07. The Kier molecular flexibility index (Phi) is 5.49. The van der Waals surface area contributed by atoms with Crippen molar-refractivity contribution in [3.05, 3.63) is 21.9 Å². The molecule has 1 aromatic rings. The Balaban J connectivity index is 2.57. The van der Waals surface area contributed by atoms with Crippen molar-refractivity contribution in [2.45, 2.75) is 25.6 Å². The smallest absolute Gasteiger partial charge is 0.346 e. The van der Waals surface area contributed by atoms with Gasteiger partial charge >= 0.3 is 5.97 Å². The Labute approximate surface area is 112 Å². The first-order chi connectivity index (χ1) is 8.40. The second-order valence-electron chi connectivity index (χ2n) is 4.03. The molecule has 1 aromatic heterocycles. The van der Waals surface area contributed by atoms with E-state index in [0.717, 1.165) is 11.3 Å². The lowest BCUT2D eigenvalue weighted by atomic mass is 10.3. The normalized spacial score (nSPS) is 12.4. The van der Waals surface area contributed by atoms with Crippen LogP contribution in [0.3, 0.4) is 0 Å². The summed E-state index contributed by atoms with van der Waals surface area (Å²) in [6.07, 6.45) is 0. The first kappa shape index (κ1) is 14.8. The van der Waals surface area contributed by atoms with Gasteiger partial charge in [0.1, 0.15) is 10.6 Å². The van der Waals surface area contributed by atoms with Gasteiger partial charge in [-0.2, -0.15) is 0 Å². The number of carbonyl (C=O) groups is 2. The van der Waals surface area contributed by atoms with Crippen molar-refractivity contribution in [1.82, 2.24) is 5.32 Å². The molecule has 1 rings (SSSR count). The lowest BCUT2D eigenvalue weighted by molar-refractivity contribution is -0.119. The molecule has 18 heavy (non-hydrogen) atoms. The summed E-state index contributed by atoms with van der Waals surface area (Å²) in [6, 6.07) is 1.64. The van der Waals surface area contributed by atoms with Crippen LogP contribution in [-0.2, 0) is 21.3 Å². The molecule has 0 aliphatic heterocycles. The van der Waals surface area contributed by atoms with Crippen LogP contribution in [0.25, 0.3) is 0 Å². The van der Waals surface area contributed by atoms with Gasteiger partial charge in [0, 0.05) is 16.8 Å². The minimum atomic E-state index is -1.39. The third-order valence-corrected chi connectivity index (χ3v) is 4.16. The van der Waals surface area contributed by atoms with E-state index in [1.165, 1.54) is 0 Å². The molecule has 5 nitrogen and oxygen atoms in total. The Hall–Kier alpha value is -1.21. The van der Waals surface area contributed by atoms with Gasteiger partial charge in [-0.15, -0.1) is 11.3 Å². The molecule has 2 N–H and O–H groups in total. The summed E-state index contributed by atoms with van der Waals surface area (Å²) in [7, 11) is -1.39. The molecule has 1 atom stereocenters. The topological polar surface area (TPSA) is 83.5 Å². The molecule has 1 unspecified atom stereocenters. The maximum atomic E-state index is 11.7. The van der Waals surface area contributed by atoms with Crippen molar-refractivity contribution < 1.29 is 18.9 Å². The number of carboxylic acid groups (broad SMARTS) is 1. The summed E-state index contributed by atoms with van der Waals surface area (Å²) in [5, 5.41) is 13.2. The monoisotopic (exact) mass is 289 g/mol. The van der Waals surface area contributed by atoms with Crippen molar-refractivity contribution >= 4 is 34.0 Å². The van der Waals surface area contributed by atoms with Gasteiger partial charge in [0.2, 0.25) is 5.91 Å². The predicted octanol–water partition coefficient (Wildman–Crippen LogP) is 1.22. The quantitative estimate of drug-likeness (QED) is 0.825. The van der Waals surface area contributed by atoms with Gasteiger partial charge in [-0.25, -0.2) is 4.79 Å². The van der Waals surface area contributed by atoms with E-state index in [-0.39, 0.29) is 28.3 Å². The number of nitrogens with one attached hydrogen (secondary N) is 1. The molecule has 1 amide bonds. The third kappa shape index (κ3) is 4.58. The van der Waals surface area contributed by atoms with E-state index in [1.807, 2.05) is 13.8 Å². The average Bonchev–Trinajstić information content (AvgIpc) is 2.63. The van der Waals surface area contributed by atoms with Crippen molar-refractivity contribution in [2.24, 2.45) is 0 Å². The van der Waals surface area contributed by atoms with E-state index in [1.54, 1.807) is 11.4 Å². The number of amides is 1. The van der Waals surface area contributed by atoms with Crippen LogP contribution in [0.4, 0.5) is 0 Å². The fourth-order valence-corrected chi connectivity index (χ4v) is 3.29. The van der Waals surface area contributed by atoms with Crippen LogP contribution in [0, 0.1) is 0 Å². The highest BCUT2D eigenvalue weighted by Gasteiger charge is 2.16. The molecule has 0 saturated heterocycles. The minimum absolute atomic E-state index is 0.00484. The molecule has 100 valence electrons. The van der Waals surface area contributed by atoms with Gasteiger partial charge in [0.15, 0.2) is 0 Å². The molecule has 0 aromatic carbocycles. The molecule has 1 heterocycles. The summed E-state index contributed by atoms with van der Waals surface area (Å²) in [4.78, 5) is 22.4. The maximum absolute atomic E-state index is 11.7. The average molecular weight is 289 g/mol. The van der Waals surface area contributed by atoms with E-state index in [2.05, 4.69) is 5.32 Å². The zero-order valence-electron chi connectivity index (χ0n) is 10.1. The van der Waals surface area contributed by atoms with Crippen molar-refractivity contribution in [2.75, 3.05) is 5.75 Å². The van der Waals surface area contributed by atoms with E-state index < -0.39 is 16.8 Å². The highest BCUT2D eigenvalue weighted by Crippen LogP contribution is 2.18. The number of thiophene rings is 1. The number of carboxylic acids is 1. The second-order valence-corrected chi connectivity index (χ2v) is 6.40. The van der Waals surface area contributed by atoms with E-state index in [0.29, 0.717) is 5.56 Å². The largest absolute Gasteiger partial charge is 0.477 e. The standard InChI is InChI=1S/C11H15NO4S2/c1-7(2)12-9(13)6-18(16)5-8-3-4-17-10(8)11(14)15/h3-4,7H,5-6H2,1-2H3,(H,12,13)(H,14,15). The zero-order valence-corrected chi connectivity index (χ0v) is 11.8. The fourth-order valence-electron chi connectivity index (χ4n) is 1.37. The van der Waals surface area contributed by atoms with Gasteiger partial charge < -0.3 is 10.4 Å². The summed E-state index contributed by atoms with van der Waals surface area (Å²) < 4.78 is 11.7.